The van der Waals surface area contributed by atoms with E-state index >= 15 is 0 Å². The summed E-state index contributed by atoms with van der Waals surface area (Å²) in [6.07, 6.45) is 0.0945. The van der Waals surface area contributed by atoms with Gasteiger partial charge in [0.05, 0.1) is 23.0 Å². The van der Waals surface area contributed by atoms with Crippen molar-refractivity contribution in [3.8, 4) is 10.9 Å². The topological polar surface area (TPSA) is 69.0 Å². The highest BCUT2D eigenvalue weighted by molar-refractivity contribution is 7.20. The number of halogens is 2. The Kier molecular flexibility index (Phi) is 4.48. The van der Waals surface area contributed by atoms with E-state index in [0.29, 0.717) is 27.2 Å². The molecule has 5 rings (SSSR count). The van der Waals surface area contributed by atoms with Gasteiger partial charge in [0.15, 0.2) is 0 Å². The molecule has 1 N–H and O–H groups in total. The van der Waals surface area contributed by atoms with Crippen LogP contribution in [-0.2, 0) is 4.79 Å². The summed E-state index contributed by atoms with van der Waals surface area (Å²) < 4.78 is 22.5. The molecule has 0 aliphatic carbocycles. The second-order valence-electron chi connectivity index (χ2n) is 7.03. The number of methoxy groups -OCH3 is 1. The predicted molar refractivity (Wildman–Crippen MR) is 115 cm³/mol. The van der Waals surface area contributed by atoms with Crippen molar-refractivity contribution in [2.75, 3.05) is 12.4 Å². The largest absolute Gasteiger partial charge is 0.497 e. The summed E-state index contributed by atoms with van der Waals surface area (Å²) >= 11 is 7.74. The highest BCUT2D eigenvalue weighted by Crippen LogP contribution is 2.43. The van der Waals surface area contributed by atoms with Crippen LogP contribution in [0.4, 0.5) is 10.2 Å². The minimum Gasteiger partial charge on any atom is -0.497 e. The Labute approximate surface area is 180 Å². The number of aromatic nitrogens is 3. The monoisotopic (exact) mass is 442 g/mol. The van der Waals surface area contributed by atoms with Crippen LogP contribution in [0.15, 0.2) is 36.4 Å². The lowest BCUT2D eigenvalue weighted by molar-refractivity contribution is -0.116. The zero-order valence-corrected chi connectivity index (χ0v) is 17.6. The van der Waals surface area contributed by atoms with Crippen molar-refractivity contribution in [3.63, 3.8) is 0 Å². The Bertz CT molecular complexity index is 1300. The number of rotatable bonds is 3. The van der Waals surface area contributed by atoms with Crippen LogP contribution in [0.5, 0.6) is 5.75 Å². The Morgan fingerprint density at radius 1 is 1.30 bits per heavy atom. The van der Waals surface area contributed by atoms with E-state index < -0.39 is 11.7 Å². The van der Waals surface area contributed by atoms with Gasteiger partial charge in [0.25, 0.3) is 0 Å². The van der Waals surface area contributed by atoms with Crippen LogP contribution in [0.25, 0.3) is 15.3 Å². The first-order chi connectivity index (χ1) is 14.5. The average Bonchev–Trinajstić information content (AvgIpc) is 3.27. The number of ether oxygens (including phenoxy) is 1. The summed E-state index contributed by atoms with van der Waals surface area (Å²) in [6.45, 7) is 1.84. The zero-order valence-electron chi connectivity index (χ0n) is 16.1. The molecule has 1 unspecified atom stereocenters. The smallest absolute Gasteiger partial charge is 0.226 e. The van der Waals surface area contributed by atoms with Gasteiger partial charge in [-0.1, -0.05) is 29.0 Å². The second kappa shape index (κ2) is 7.07. The molecule has 2 aromatic heterocycles. The van der Waals surface area contributed by atoms with Crippen molar-refractivity contribution in [1.82, 2.24) is 14.8 Å². The van der Waals surface area contributed by atoms with Crippen molar-refractivity contribution < 1.29 is 13.9 Å². The van der Waals surface area contributed by atoms with Gasteiger partial charge in [-0.3, -0.25) is 4.79 Å². The molecule has 30 heavy (non-hydrogen) atoms. The Hall–Kier alpha value is -2.97. The number of benzene rings is 2. The molecule has 1 atom stereocenters. The Morgan fingerprint density at radius 2 is 2.13 bits per heavy atom. The molecule has 152 valence electrons. The van der Waals surface area contributed by atoms with E-state index in [2.05, 4.69) is 15.4 Å². The minimum atomic E-state index is -0.523. The third-order valence-corrected chi connectivity index (χ3v) is 6.54. The van der Waals surface area contributed by atoms with Crippen LogP contribution in [0.3, 0.4) is 0 Å². The number of amides is 1. The molecular formula is C21H16ClFN4O2S. The molecule has 0 bridgehead atoms. The quantitative estimate of drug-likeness (QED) is 0.481. The molecule has 0 saturated heterocycles. The maximum atomic E-state index is 14.7. The molecule has 0 fully saturated rings. The van der Waals surface area contributed by atoms with Gasteiger partial charge in [-0.05, 0) is 37.3 Å². The lowest BCUT2D eigenvalue weighted by Crippen LogP contribution is -2.25. The van der Waals surface area contributed by atoms with Gasteiger partial charge in [-0.2, -0.15) is 9.78 Å². The number of aryl methyl sites for hydroxylation is 1. The van der Waals surface area contributed by atoms with Gasteiger partial charge < -0.3 is 10.1 Å². The first-order valence-corrected chi connectivity index (χ1v) is 10.4. The fourth-order valence-corrected chi connectivity index (χ4v) is 5.13. The minimum absolute atomic E-state index is 0.0945. The number of anilines is 1. The summed E-state index contributed by atoms with van der Waals surface area (Å²) in [7, 11) is 1.61. The maximum absolute atomic E-state index is 14.7. The number of carbonyl (C=O) groups is 1. The molecule has 0 radical (unpaired) electrons. The van der Waals surface area contributed by atoms with Gasteiger partial charge in [0.2, 0.25) is 11.0 Å². The second-order valence-corrected chi connectivity index (χ2v) is 8.45. The van der Waals surface area contributed by atoms with Crippen molar-refractivity contribution in [3.05, 3.63) is 64.1 Å². The van der Waals surface area contributed by atoms with E-state index in [9.17, 15) is 9.18 Å². The number of nitrogens with one attached hydrogen (secondary N) is 1. The van der Waals surface area contributed by atoms with Crippen molar-refractivity contribution in [2.24, 2.45) is 0 Å². The number of thiazole rings is 1. The zero-order chi connectivity index (χ0) is 21.0. The number of fused-ring (bicyclic) bond motifs is 2. The first kappa shape index (κ1) is 19.0. The van der Waals surface area contributed by atoms with Gasteiger partial charge in [0, 0.05) is 28.5 Å². The fourth-order valence-electron chi connectivity index (χ4n) is 3.89. The van der Waals surface area contributed by atoms with E-state index in [1.165, 1.54) is 17.4 Å². The Balaban J connectivity index is 1.69. The average molecular weight is 443 g/mol. The summed E-state index contributed by atoms with van der Waals surface area (Å²) in [5.74, 6) is 0.0480. The lowest BCUT2D eigenvalue weighted by Gasteiger charge is -2.25. The molecule has 9 heteroatoms. The van der Waals surface area contributed by atoms with E-state index in [-0.39, 0.29) is 12.3 Å². The SMILES string of the molecule is COc1ccc2nc(-n3nc(C)c4c3NC(=O)CC4c3c(F)cccc3Cl)sc2c1. The first-order valence-electron chi connectivity index (χ1n) is 9.24. The number of nitrogens with zero attached hydrogens (tertiary/aromatic N) is 3. The van der Waals surface area contributed by atoms with Crippen LogP contribution < -0.4 is 10.1 Å². The normalized spacial score (nSPS) is 15.9. The molecule has 6 nitrogen and oxygen atoms in total. The van der Waals surface area contributed by atoms with Crippen LogP contribution >= 0.6 is 22.9 Å². The van der Waals surface area contributed by atoms with Crippen LogP contribution in [-0.4, -0.2) is 27.8 Å². The van der Waals surface area contributed by atoms with E-state index in [1.54, 1.807) is 23.9 Å². The van der Waals surface area contributed by atoms with Gasteiger partial charge in [0.1, 0.15) is 17.4 Å². The summed E-state index contributed by atoms with van der Waals surface area (Å²) in [4.78, 5) is 17.2. The number of carbonyl (C=O) groups excluding carboxylic acids is 1. The number of hydrogen-bond acceptors (Lipinski definition) is 5. The summed E-state index contributed by atoms with van der Waals surface area (Å²) in [6, 6.07) is 10.2. The molecule has 0 spiro atoms. The van der Waals surface area contributed by atoms with Crippen LogP contribution in [0.2, 0.25) is 5.02 Å². The summed E-state index contributed by atoms with van der Waals surface area (Å²) in [5.41, 5.74) is 2.55. The predicted octanol–water partition coefficient (Wildman–Crippen LogP) is 5.07. The van der Waals surface area contributed by atoms with Crippen molar-refractivity contribution in [1.29, 1.82) is 0 Å². The number of hydrogen-bond donors (Lipinski definition) is 1. The van der Waals surface area contributed by atoms with Crippen molar-refractivity contribution in [2.45, 2.75) is 19.3 Å². The van der Waals surface area contributed by atoms with Gasteiger partial charge >= 0.3 is 0 Å². The van der Waals surface area contributed by atoms with Crippen LogP contribution in [0, 0.1) is 12.7 Å². The molecule has 4 aromatic rings. The highest BCUT2D eigenvalue weighted by Gasteiger charge is 2.35. The molecule has 1 aliphatic heterocycles. The summed E-state index contributed by atoms with van der Waals surface area (Å²) in [5, 5.41) is 8.41. The highest BCUT2D eigenvalue weighted by atomic mass is 35.5. The van der Waals surface area contributed by atoms with Crippen molar-refractivity contribution >= 4 is 44.9 Å². The third-order valence-electron chi connectivity index (χ3n) is 5.22. The molecule has 1 aliphatic rings. The molecule has 1 amide bonds. The molecule has 3 heterocycles. The lowest BCUT2D eigenvalue weighted by atomic mass is 9.85. The maximum Gasteiger partial charge on any atom is 0.226 e. The van der Waals surface area contributed by atoms with Crippen LogP contribution in [0.1, 0.15) is 29.2 Å². The Morgan fingerprint density at radius 3 is 2.90 bits per heavy atom. The molecular weight excluding hydrogens is 427 g/mol. The third kappa shape index (κ3) is 2.95. The van der Waals surface area contributed by atoms with E-state index in [0.717, 1.165) is 21.5 Å². The van der Waals surface area contributed by atoms with Gasteiger partial charge in [-0.25, -0.2) is 9.37 Å². The van der Waals surface area contributed by atoms with E-state index in [1.807, 2.05) is 25.1 Å². The molecule has 2 aromatic carbocycles. The van der Waals surface area contributed by atoms with E-state index in [4.69, 9.17) is 16.3 Å². The van der Waals surface area contributed by atoms with Gasteiger partial charge in [-0.15, -0.1) is 0 Å². The molecule has 0 saturated carbocycles. The standard InChI is InChI=1S/C21H16ClFN4O2S/c1-10-18-12(19-13(22)4-3-5-14(19)23)9-17(28)25-20(18)27(26-10)21-24-15-7-6-11(29-2)8-16(15)30-21/h3-8,12H,9H2,1-2H3,(H,25,28). The fraction of sp³-hybridized carbons (Fsp3) is 0.190.